The highest BCUT2D eigenvalue weighted by molar-refractivity contribution is 6.03. The summed E-state index contributed by atoms with van der Waals surface area (Å²) < 4.78 is 5.16. The average molecular weight is 362 g/mol. The predicted molar refractivity (Wildman–Crippen MR) is 106 cm³/mol. The Kier molecular flexibility index (Phi) is 5.99. The lowest BCUT2D eigenvalue weighted by Crippen LogP contribution is -2.21. The number of hydrogen-bond donors (Lipinski definition) is 1. The number of methoxy groups -OCH3 is 1. The summed E-state index contributed by atoms with van der Waals surface area (Å²) in [5.41, 5.74) is 3.23. The van der Waals surface area contributed by atoms with Gasteiger partial charge in [0, 0.05) is 37.7 Å². The van der Waals surface area contributed by atoms with Crippen LogP contribution in [0, 0.1) is 0 Å². The highest BCUT2D eigenvalue weighted by Gasteiger charge is 2.09. The van der Waals surface area contributed by atoms with Gasteiger partial charge in [-0.25, -0.2) is 4.98 Å². The van der Waals surface area contributed by atoms with E-state index < -0.39 is 0 Å². The number of aromatic nitrogens is 2. The number of amides is 1. The zero-order valence-corrected chi connectivity index (χ0v) is 15.4. The molecule has 1 aromatic carbocycles. The van der Waals surface area contributed by atoms with E-state index in [9.17, 15) is 4.79 Å². The largest absolute Gasteiger partial charge is 0.497 e. The smallest absolute Gasteiger partial charge is 0.274 e. The van der Waals surface area contributed by atoms with Crippen LogP contribution in [-0.2, 0) is 6.42 Å². The molecule has 0 unspecified atom stereocenters. The molecule has 0 aliphatic carbocycles. The number of likely N-dealkylation sites (N-methyl/N-ethyl adjacent to an activating group) is 1. The molecule has 27 heavy (non-hydrogen) atoms. The fraction of sp³-hybridized carbons (Fsp3) is 0.190. The molecule has 3 aromatic rings. The first-order valence-electron chi connectivity index (χ1n) is 8.67. The first-order valence-corrected chi connectivity index (χ1v) is 8.67. The molecule has 0 fully saturated rings. The zero-order valence-electron chi connectivity index (χ0n) is 15.4. The van der Waals surface area contributed by atoms with Crippen LogP contribution in [0.5, 0.6) is 5.75 Å². The van der Waals surface area contributed by atoms with Crippen LogP contribution in [0.3, 0.4) is 0 Å². The lowest BCUT2D eigenvalue weighted by Gasteiger charge is -2.19. The number of benzene rings is 1. The van der Waals surface area contributed by atoms with Gasteiger partial charge < -0.3 is 15.0 Å². The van der Waals surface area contributed by atoms with Gasteiger partial charge in [-0.15, -0.1) is 0 Å². The molecule has 1 N–H and O–H groups in total. The molecule has 1 amide bonds. The summed E-state index contributed by atoms with van der Waals surface area (Å²) in [6.07, 6.45) is 6.23. The topological polar surface area (TPSA) is 67.3 Å². The number of nitrogens with zero attached hydrogens (tertiary/aromatic N) is 3. The summed E-state index contributed by atoms with van der Waals surface area (Å²) in [5, 5.41) is 2.83. The van der Waals surface area contributed by atoms with Crippen molar-refractivity contribution in [3.05, 3.63) is 78.4 Å². The number of nitrogens with one attached hydrogen (secondary N) is 1. The van der Waals surface area contributed by atoms with Crippen LogP contribution in [0.25, 0.3) is 0 Å². The molecule has 3 rings (SSSR count). The molecule has 6 nitrogen and oxygen atoms in total. The summed E-state index contributed by atoms with van der Waals surface area (Å²) >= 11 is 0. The Labute approximate surface area is 158 Å². The quantitative estimate of drug-likeness (QED) is 0.698. The summed E-state index contributed by atoms with van der Waals surface area (Å²) in [7, 11) is 3.60. The minimum absolute atomic E-state index is 0.255. The van der Waals surface area contributed by atoms with Crippen molar-refractivity contribution in [2.45, 2.75) is 6.42 Å². The zero-order chi connectivity index (χ0) is 19.1. The van der Waals surface area contributed by atoms with Crippen molar-refractivity contribution in [2.24, 2.45) is 0 Å². The highest BCUT2D eigenvalue weighted by Crippen LogP contribution is 2.18. The SMILES string of the molecule is COc1cccc(NC(=O)c2ccc(N(C)CCc3ccncc3)cn2)c1. The van der Waals surface area contributed by atoms with Crippen LogP contribution in [-0.4, -0.2) is 36.6 Å². The summed E-state index contributed by atoms with van der Waals surface area (Å²) in [4.78, 5) is 22.8. The molecule has 2 heterocycles. The van der Waals surface area contributed by atoms with E-state index in [0.29, 0.717) is 17.1 Å². The van der Waals surface area contributed by atoms with E-state index in [1.54, 1.807) is 37.8 Å². The van der Waals surface area contributed by atoms with Gasteiger partial charge in [0.2, 0.25) is 0 Å². The van der Waals surface area contributed by atoms with Crippen LogP contribution < -0.4 is 15.0 Å². The first kappa shape index (κ1) is 18.4. The van der Waals surface area contributed by atoms with Gasteiger partial charge in [0.05, 0.1) is 19.0 Å². The van der Waals surface area contributed by atoms with Gasteiger partial charge in [-0.05, 0) is 48.4 Å². The van der Waals surface area contributed by atoms with Crippen molar-refractivity contribution in [3.63, 3.8) is 0 Å². The van der Waals surface area contributed by atoms with Gasteiger partial charge in [0.25, 0.3) is 5.91 Å². The van der Waals surface area contributed by atoms with E-state index in [1.807, 2.05) is 43.4 Å². The molecule has 0 saturated carbocycles. The minimum atomic E-state index is -0.255. The van der Waals surface area contributed by atoms with Crippen LogP contribution in [0.2, 0.25) is 0 Å². The second-order valence-corrected chi connectivity index (χ2v) is 6.11. The molecule has 6 heteroatoms. The maximum atomic E-state index is 12.4. The first-order chi connectivity index (χ1) is 13.2. The molecule has 0 radical (unpaired) electrons. The van der Waals surface area contributed by atoms with Crippen molar-refractivity contribution in [3.8, 4) is 5.75 Å². The van der Waals surface area contributed by atoms with Crippen LogP contribution in [0.1, 0.15) is 16.1 Å². The van der Waals surface area contributed by atoms with Crippen LogP contribution in [0.15, 0.2) is 67.1 Å². The fourth-order valence-electron chi connectivity index (χ4n) is 2.62. The van der Waals surface area contributed by atoms with Crippen molar-refractivity contribution in [1.82, 2.24) is 9.97 Å². The van der Waals surface area contributed by atoms with Gasteiger partial charge in [0.1, 0.15) is 11.4 Å². The molecule has 0 aliphatic rings. The second-order valence-electron chi connectivity index (χ2n) is 6.11. The average Bonchev–Trinajstić information content (AvgIpc) is 2.73. The minimum Gasteiger partial charge on any atom is -0.497 e. The summed E-state index contributed by atoms with van der Waals surface area (Å²) in [5.74, 6) is 0.432. The molecule has 0 saturated heterocycles. The van der Waals surface area contributed by atoms with Gasteiger partial charge in [0.15, 0.2) is 0 Å². The van der Waals surface area contributed by atoms with Crippen molar-refractivity contribution in [1.29, 1.82) is 0 Å². The van der Waals surface area contributed by atoms with Gasteiger partial charge >= 0.3 is 0 Å². The highest BCUT2D eigenvalue weighted by atomic mass is 16.5. The number of hydrogen-bond acceptors (Lipinski definition) is 5. The number of anilines is 2. The Morgan fingerprint density at radius 3 is 2.67 bits per heavy atom. The predicted octanol–water partition coefficient (Wildman–Crippen LogP) is 3.42. The Hall–Kier alpha value is -3.41. The molecule has 0 atom stereocenters. The maximum Gasteiger partial charge on any atom is 0.274 e. The van der Waals surface area contributed by atoms with Crippen molar-refractivity contribution in [2.75, 3.05) is 30.9 Å². The second kappa shape index (κ2) is 8.80. The monoisotopic (exact) mass is 362 g/mol. The standard InChI is InChI=1S/C21H22N4O2/c1-25(13-10-16-8-11-22-12-9-16)18-6-7-20(23-15-18)21(26)24-17-4-3-5-19(14-17)27-2/h3-9,11-12,14-15H,10,13H2,1-2H3,(H,24,26). The Morgan fingerprint density at radius 2 is 1.96 bits per heavy atom. The third-order valence-electron chi connectivity index (χ3n) is 4.23. The molecular weight excluding hydrogens is 340 g/mol. The number of pyridine rings is 2. The molecule has 138 valence electrons. The summed E-state index contributed by atoms with van der Waals surface area (Å²) in [6, 6.07) is 14.9. The third-order valence-corrected chi connectivity index (χ3v) is 4.23. The number of ether oxygens (including phenoxy) is 1. The molecular formula is C21H22N4O2. The van der Waals surface area contributed by atoms with E-state index in [1.165, 1.54) is 5.56 Å². The summed E-state index contributed by atoms with van der Waals surface area (Å²) in [6.45, 7) is 0.848. The fourth-order valence-corrected chi connectivity index (χ4v) is 2.62. The van der Waals surface area contributed by atoms with Crippen molar-refractivity contribution < 1.29 is 9.53 Å². The number of carbonyl (C=O) groups excluding carboxylic acids is 1. The van der Waals surface area contributed by atoms with Crippen molar-refractivity contribution >= 4 is 17.3 Å². The Bertz CT molecular complexity index is 882. The van der Waals surface area contributed by atoms with E-state index in [2.05, 4.69) is 20.2 Å². The maximum absolute atomic E-state index is 12.4. The van der Waals surface area contributed by atoms with E-state index in [-0.39, 0.29) is 5.91 Å². The van der Waals surface area contributed by atoms with E-state index >= 15 is 0 Å². The molecule has 0 bridgehead atoms. The van der Waals surface area contributed by atoms with Gasteiger partial charge in [-0.1, -0.05) is 6.07 Å². The van der Waals surface area contributed by atoms with E-state index in [4.69, 9.17) is 4.74 Å². The Morgan fingerprint density at radius 1 is 1.15 bits per heavy atom. The van der Waals surface area contributed by atoms with E-state index in [0.717, 1.165) is 18.7 Å². The number of rotatable bonds is 7. The van der Waals surface area contributed by atoms with Crippen LogP contribution >= 0.6 is 0 Å². The lowest BCUT2D eigenvalue weighted by molar-refractivity contribution is 0.102. The molecule has 0 spiro atoms. The van der Waals surface area contributed by atoms with Gasteiger partial charge in [-0.2, -0.15) is 0 Å². The molecule has 0 aliphatic heterocycles. The normalized spacial score (nSPS) is 10.3. The van der Waals surface area contributed by atoms with Crippen LogP contribution in [0.4, 0.5) is 11.4 Å². The third kappa shape index (κ3) is 5.04. The lowest BCUT2D eigenvalue weighted by atomic mass is 10.2. The Balaban J connectivity index is 1.59. The van der Waals surface area contributed by atoms with Gasteiger partial charge in [-0.3, -0.25) is 9.78 Å². The molecule has 2 aromatic heterocycles. The number of carbonyl (C=O) groups is 1.